The first-order chi connectivity index (χ1) is 58.3. The highest BCUT2D eigenvalue weighted by molar-refractivity contribution is 7.89. The van der Waals surface area contributed by atoms with Gasteiger partial charge in [-0.15, -0.1) is 0 Å². The molecule has 774 valence electrons. The maximum absolute atomic E-state index is 15.0. The fourth-order valence-corrected chi connectivity index (χ4v) is 11.5. The molecule has 0 spiro atoms. The van der Waals surface area contributed by atoms with E-state index < -0.39 is 403 Å². The second kappa shape index (κ2) is 45.1. The number of alkyl halides is 20. The second-order valence-corrected chi connectivity index (χ2v) is 41.7. The highest BCUT2D eigenvalue weighted by atomic mass is 32.3. The fraction of sp³-hybridized carbons (Fsp3) is 0.808. The van der Waals surface area contributed by atoms with Gasteiger partial charge in [-0.3, -0.25) is 47.9 Å². The molecule has 10 atom stereocenters. The summed E-state index contributed by atoms with van der Waals surface area (Å²) in [6.07, 6.45) is -24.6. The standard InChI is InChI=1S/C52H66F20O50S10/c1-3-24(34(74)114-14-44(55,56)124(86,87)88)5-26(36(76)116-16-46(59,60)126(92,93)94)7-28(38(78)118-18-48(63,64)128(98,99)100)9-30(40(80)120-20-50(67,68)130(104,105)106)11-32(42(82)122-22-52(71,72)132(110,111)112)12-31(41(81)121-21-51(69,70)131(107,108)109)10-29(39(79)119-19-49(65,66)129(101,102)103)8-27(37(77)117-17-47(61,62)127(95,96)97)6-25(35(75)115-15-45(57,58)125(89,90)91)4-23(2)33(73)113-13-43(53,54)123(83,84)85/h23-32H,3-22H2,1-2H3,(H,83,84,85)(H,86,87,88)(H,89,90,91)(H,92,93,94)(H,95,96,97)(H,98,99,100)(H,101,102,103)(H,104,105,106)(H,107,108,109)(H,110,111,112)/p-10. The lowest BCUT2D eigenvalue weighted by Crippen LogP contribution is -2.41. The van der Waals surface area contributed by atoms with Crippen LogP contribution in [0.25, 0.3) is 0 Å². The van der Waals surface area contributed by atoms with Gasteiger partial charge in [0.2, 0.25) is 0 Å². The molecule has 0 amide bonds. The third-order valence-corrected chi connectivity index (χ3v) is 25.1. The molecule has 0 N–H and O–H groups in total. The maximum atomic E-state index is 15.0. The van der Waals surface area contributed by atoms with Crippen LogP contribution in [0.1, 0.15) is 78.1 Å². The first kappa shape index (κ1) is 124. The topological polar surface area (TPSA) is 835 Å². The van der Waals surface area contributed by atoms with Crippen molar-refractivity contribution in [2.45, 2.75) is 131 Å². The van der Waals surface area contributed by atoms with Crippen molar-refractivity contribution in [1.29, 1.82) is 0 Å². The summed E-state index contributed by atoms with van der Waals surface area (Å²) in [6.45, 7) is -32.4. The fourth-order valence-electron chi connectivity index (χ4n) is 9.49. The molecule has 0 saturated carbocycles. The summed E-state index contributed by atoms with van der Waals surface area (Å²) in [5.74, 6) is -65.6. The van der Waals surface area contributed by atoms with E-state index in [-0.39, 0.29) is 6.92 Å². The number of halogens is 20. The molecule has 0 saturated heterocycles. The van der Waals surface area contributed by atoms with Crippen LogP contribution in [-0.2, 0) is 196 Å². The molecule has 0 aliphatic carbocycles. The van der Waals surface area contributed by atoms with Crippen LogP contribution in [0.15, 0.2) is 0 Å². The Morgan fingerprint density at radius 2 is 0.280 bits per heavy atom. The van der Waals surface area contributed by atoms with E-state index in [1.165, 1.54) is 0 Å². The highest BCUT2D eigenvalue weighted by Gasteiger charge is 2.53. The first-order valence-corrected chi connectivity index (χ1v) is 47.3. The number of hydrogen-bond acceptors (Lipinski definition) is 50. The average Bonchev–Trinajstić information content (AvgIpc) is 0.839. The minimum atomic E-state index is -7.48. The van der Waals surface area contributed by atoms with E-state index in [9.17, 15) is 248 Å². The molecule has 0 fully saturated rings. The monoisotopic (exact) mass is 2180 g/mol. The van der Waals surface area contributed by atoms with Gasteiger partial charge in [0.25, 0.3) is 0 Å². The molecule has 0 heterocycles. The normalized spacial score (nSPS) is 16.3. The number of rotatable bonds is 59. The summed E-state index contributed by atoms with van der Waals surface area (Å²) in [5, 5.41) is -60.9. The molecular weight excluding hydrogens is 2130 g/mol. The average molecular weight is 2180 g/mol. The number of carbonyl (C=O) groups excluding carboxylic acids is 10. The van der Waals surface area contributed by atoms with Crippen LogP contribution in [0, 0.1) is 59.2 Å². The maximum Gasteiger partial charge on any atom is 0.367 e. The molecule has 0 aliphatic heterocycles. The Balaban J connectivity index is 10.7. The van der Waals surface area contributed by atoms with Crippen molar-refractivity contribution in [1.82, 2.24) is 0 Å². The molecule has 10 unspecified atom stereocenters. The van der Waals surface area contributed by atoms with Gasteiger partial charge < -0.3 is 92.9 Å². The van der Waals surface area contributed by atoms with Crippen molar-refractivity contribution in [2.75, 3.05) is 66.1 Å². The van der Waals surface area contributed by atoms with E-state index in [4.69, 9.17) is 0 Å². The van der Waals surface area contributed by atoms with E-state index >= 15 is 17.6 Å². The van der Waals surface area contributed by atoms with Crippen molar-refractivity contribution in [2.24, 2.45) is 59.2 Å². The first-order valence-electron chi connectivity index (χ1n) is 33.3. The quantitative estimate of drug-likeness (QED) is 0.0272. The SMILES string of the molecule is CCC(CC(CC(CC(CC(CC(CC(CC(CC(CC(C)C(=O)OCC(F)(F)S(=O)(=O)[O-])C(=O)OCC(F)(F)S(=O)(=O)[O-])C(=O)OCC(F)(F)S(=O)(=O)[O-])C(=O)OCC(F)(F)S(=O)(=O)[O-])C(=O)OCC(F)(F)S(=O)(=O)[O-])C(=O)OCC(F)(F)S(=O)(=O)[O-])C(=O)OCC(F)(F)S(=O)(=O)[O-])C(=O)OCC(F)(F)S(=O)(=O)[O-])C(=O)OCC(F)(F)S(=O)(=O)[O-])C(=O)OCC(F)(F)S(=O)(=O)[O-]. The summed E-state index contributed by atoms with van der Waals surface area (Å²) >= 11 is 0. The van der Waals surface area contributed by atoms with Gasteiger partial charge in [0, 0.05) is 0 Å². The van der Waals surface area contributed by atoms with Crippen LogP contribution in [0.5, 0.6) is 0 Å². The van der Waals surface area contributed by atoms with Gasteiger partial charge in [0.05, 0.1) is 59.2 Å². The lowest BCUT2D eigenvalue weighted by molar-refractivity contribution is -0.165. The van der Waals surface area contributed by atoms with Gasteiger partial charge in [-0.25, -0.2) is 84.2 Å². The Bertz CT molecular complexity index is 5410. The summed E-state index contributed by atoms with van der Waals surface area (Å²) < 4.78 is 677. The van der Waals surface area contributed by atoms with Crippen molar-refractivity contribution in [3.05, 3.63) is 0 Å². The molecular formula is C52H56F20O50S10-10. The predicted molar refractivity (Wildman–Crippen MR) is 348 cm³/mol. The highest BCUT2D eigenvalue weighted by Crippen LogP contribution is 2.41. The Morgan fingerprint density at radius 1 is 0.189 bits per heavy atom. The van der Waals surface area contributed by atoms with Gasteiger partial charge in [-0.1, -0.05) is 13.8 Å². The lowest BCUT2D eigenvalue weighted by atomic mass is 9.76. The molecule has 132 heavy (non-hydrogen) atoms. The molecule has 0 aromatic carbocycles. The zero-order valence-electron chi connectivity index (χ0n) is 64.0. The second-order valence-electron chi connectivity index (χ2n) is 26.7. The van der Waals surface area contributed by atoms with E-state index in [1.807, 2.05) is 0 Å². The van der Waals surface area contributed by atoms with Gasteiger partial charge in [0.1, 0.15) is 0 Å². The van der Waals surface area contributed by atoms with E-state index in [0.717, 1.165) is 0 Å². The molecule has 50 nitrogen and oxygen atoms in total. The summed E-state index contributed by atoms with van der Waals surface area (Å²) in [5.41, 5.74) is 0. The number of carbonyl (C=O) groups is 10. The summed E-state index contributed by atoms with van der Waals surface area (Å²) in [6, 6.07) is 0. The Labute approximate surface area is 726 Å². The van der Waals surface area contributed by atoms with Crippen LogP contribution in [0.4, 0.5) is 87.8 Å². The minimum Gasteiger partial charge on any atom is -0.743 e. The third kappa shape index (κ3) is 37.1. The van der Waals surface area contributed by atoms with Gasteiger partial charge >= 0.3 is 112 Å². The van der Waals surface area contributed by atoms with Gasteiger partial charge in [-0.05, 0) is 64.2 Å². The summed E-state index contributed by atoms with van der Waals surface area (Å²) in [4.78, 5) is 140. The number of esters is 10. The van der Waals surface area contributed by atoms with Crippen LogP contribution < -0.4 is 0 Å². The van der Waals surface area contributed by atoms with E-state index in [2.05, 4.69) is 47.4 Å². The zero-order valence-corrected chi connectivity index (χ0v) is 72.1. The van der Waals surface area contributed by atoms with Gasteiger partial charge in [0.15, 0.2) is 167 Å². The largest absolute Gasteiger partial charge is 0.743 e. The molecule has 0 aromatic heterocycles. The van der Waals surface area contributed by atoms with Crippen molar-refractivity contribution < 1.29 is 313 Å². The van der Waals surface area contributed by atoms with Crippen LogP contribution in [0.2, 0.25) is 0 Å². The molecule has 0 rings (SSSR count). The van der Waals surface area contributed by atoms with Crippen LogP contribution in [0.3, 0.4) is 0 Å². The van der Waals surface area contributed by atoms with Crippen LogP contribution >= 0.6 is 0 Å². The Kier molecular flexibility index (Phi) is 42.5. The smallest absolute Gasteiger partial charge is 0.367 e. The molecule has 0 radical (unpaired) electrons. The van der Waals surface area contributed by atoms with Crippen LogP contribution in [-0.4, -0.2) is 308 Å². The van der Waals surface area contributed by atoms with Gasteiger partial charge in [-0.2, -0.15) is 87.8 Å². The zero-order chi connectivity index (χ0) is 105. The molecule has 0 aliphatic rings. The van der Waals surface area contributed by atoms with E-state index in [0.29, 0.717) is 6.92 Å². The van der Waals surface area contributed by atoms with Crippen molar-refractivity contribution >= 4 is 161 Å². The molecule has 80 heteroatoms. The lowest BCUT2D eigenvalue weighted by Gasteiger charge is -2.31. The minimum absolute atomic E-state index is 0.159. The summed E-state index contributed by atoms with van der Waals surface area (Å²) in [7, 11) is -72.9. The predicted octanol–water partition coefficient (Wildman–Crippen LogP) is -2.10. The number of ether oxygens (including phenoxy) is 10. The Hall–Kier alpha value is -7.60. The Morgan fingerprint density at radius 3 is 0.386 bits per heavy atom. The third-order valence-electron chi connectivity index (χ3n) is 16.6. The molecule has 0 bridgehead atoms. The van der Waals surface area contributed by atoms with Crippen molar-refractivity contribution in [3.8, 4) is 0 Å². The number of hydrogen-bond donors (Lipinski definition) is 0. The molecule has 0 aromatic rings. The van der Waals surface area contributed by atoms with Crippen molar-refractivity contribution in [3.63, 3.8) is 0 Å². The van der Waals surface area contributed by atoms with E-state index in [1.54, 1.807) is 0 Å².